The van der Waals surface area contributed by atoms with Crippen LogP contribution in [0.15, 0.2) is 12.1 Å². The zero-order chi connectivity index (χ0) is 13.0. The largest absolute Gasteiger partial charge is 0.481 e. The predicted molar refractivity (Wildman–Crippen MR) is 56.6 cm³/mol. The number of nitriles is 1. The van der Waals surface area contributed by atoms with Crippen LogP contribution in [-0.2, 0) is 4.79 Å². The number of nitrogens with zero attached hydrogens (tertiary/aromatic N) is 2. The minimum Gasteiger partial charge on any atom is -0.481 e. The molecule has 0 atom stereocenters. The van der Waals surface area contributed by atoms with Gasteiger partial charge in [-0.2, -0.15) is 5.26 Å². The number of halogens is 2. The van der Waals surface area contributed by atoms with Gasteiger partial charge in [0.15, 0.2) is 11.6 Å². The summed E-state index contributed by atoms with van der Waals surface area (Å²) in [5.41, 5.74) is -0.444. The van der Waals surface area contributed by atoms with Crippen molar-refractivity contribution < 1.29 is 18.7 Å². The Labute approximate surface area is 96.7 Å². The smallest absolute Gasteiger partial charge is 0.305 e. The van der Waals surface area contributed by atoms with E-state index in [2.05, 4.69) is 0 Å². The van der Waals surface area contributed by atoms with Crippen molar-refractivity contribution in [3.8, 4) is 6.07 Å². The molecule has 1 aromatic rings. The van der Waals surface area contributed by atoms with Crippen LogP contribution in [0.25, 0.3) is 0 Å². The van der Waals surface area contributed by atoms with Gasteiger partial charge in [-0.15, -0.1) is 0 Å². The van der Waals surface area contributed by atoms with Crippen LogP contribution >= 0.6 is 0 Å². The van der Waals surface area contributed by atoms with E-state index in [-0.39, 0.29) is 24.2 Å². The molecule has 0 bridgehead atoms. The van der Waals surface area contributed by atoms with E-state index in [1.807, 2.05) is 0 Å². The lowest BCUT2D eigenvalue weighted by atomic mass is 10.2. The monoisotopic (exact) mass is 240 g/mol. The maximum absolute atomic E-state index is 13.5. The van der Waals surface area contributed by atoms with Crippen molar-refractivity contribution in [1.82, 2.24) is 0 Å². The quantitative estimate of drug-likeness (QED) is 0.870. The number of carboxylic acid groups (broad SMARTS) is 1. The first-order valence-corrected chi connectivity index (χ1v) is 4.77. The van der Waals surface area contributed by atoms with E-state index < -0.39 is 17.6 Å². The van der Waals surface area contributed by atoms with Crippen molar-refractivity contribution in [3.05, 3.63) is 29.3 Å². The molecule has 90 valence electrons. The van der Waals surface area contributed by atoms with Crippen molar-refractivity contribution in [3.63, 3.8) is 0 Å². The predicted octanol–water partition coefficient (Wildman–Crippen LogP) is 1.75. The summed E-state index contributed by atoms with van der Waals surface area (Å²) in [7, 11) is 1.39. The fourth-order valence-corrected chi connectivity index (χ4v) is 1.37. The molecule has 0 unspecified atom stereocenters. The molecule has 4 nitrogen and oxygen atoms in total. The summed E-state index contributed by atoms with van der Waals surface area (Å²) in [4.78, 5) is 11.5. The zero-order valence-corrected chi connectivity index (χ0v) is 9.07. The van der Waals surface area contributed by atoms with Crippen molar-refractivity contribution in [2.45, 2.75) is 6.42 Å². The highest BCUT2D eigenvalue weighted by atomic mass is 19.1. The lowest BCUT2D eigenvalue weighted by Gasteiger charge is -2.19. The first-order chi connectivity index (χ1) is 7.95. The summed E-state index contributed by atoms with van der Waals surface area (Å²) in [5.74, 6) is -2.81. The number of rotatable bonds is 4. The van der Waals surface area contributed by atoms with Gasteiger partial charge in [0.1, 0.15) is 5.69 Å². The number of anilines is 1. The molecule has 1 rings (SSSR count). The van der Waals surface area contributed by atoms with E-state index in [0.717, 1.165) is 12.1 Å². The zero-order valence-electron chi connectivity index (χ0n) is 9.07. The molecule has 17 heavy (non-hydrogen) atoms. The first kappa shape index (κ1) is 12.9. The van der Waals surface area contributed by atoms with E-state index in [4.69, 9.17) is 10.4 Å². The van der Waals surface area contributed by atoms with Gasteiger partial charge in [-0.3, -0.25) is 4.79 Å². The summed E-state index contributed by atoms with van der Waals surface area (Å²) in [6, 6.07) is 3.46. The van der Waals surface area contributed by atoms with Gasteiger partial charge in [0.25, 0.3) is 0 Å². The molecule has 1 N–H and O–H groups in total. The molecule has 6 heteroatoms. The van der Waals surface area contributed by atoms with Gasteiger partial charge in [0, 0.05) is 13.6 Å². The fraction of sp³-hybridized carbons (Fsp3) is 0.273. The summed E-state index contributed by atoms with van der Waals surface area (Å²) in [5, 5.41) is 17.0. The van der Waals surface area contributed by atoms with Crippen molar-refractivity contribution in [2.75, 3.05) is 18.5 Å². The molecular formula is C11H10F2N2O2. The van der Waals surface area contributed by atoms with Crippen molar-refractivity contribution in [1.29, 1.82) is 5.26 Å². The number of hydrogen-bond acceptors (Lipinski definition) is 3. The number of hydrogen-bond donors (Lipinski definition) is 1. The van der Waals surface area contributed by atoms with E-state index in [9.17, 15) is 13.6 Å². The number of carbonyl (C=O) groups is 1. The topological polar surface area (TPSA) is 64.3 Å². The summed E-state index contributed by atoms with van der Waals surface area (Å²) in [6.07, 6.45) is -0.227. The average Bonchev–Trinajstić information content (AvgIpc) is 2.25. The maximum Gasteiger partial charge on any atom is 0.305 e. The Balaban J connectivity index is 2.98. The summed E-state index contributed by atoms with van der Waals surface area (Å²) in [6.45, 7) is -0.0188. The van der Waals surface area contributed by atoms with Crippen LogP contribution in [0, 0.1) is 23.0 Å². The maximum atomic E-state index is 13.5. The Morgan fingerprint density at radius 1 is 1.47 bits per heavy atom. The standard InChI is InChI=1S/C11H10F2N2O2/c1-15(3-2-10(16)17)11-8(12)4-7(6-14)5-9(11)13/h4-5H,2-3H2,1H3,(H,16,17). The highest BCUT2D eigenvalue weighted by Gasteiger charge is 2.15. The summed E-state index contributed by atoms with van der Waals surface area (Å²) >= 11 is 0. The SMILES string of the molecule is CN(CCC(=O)O)c1c(F)cc(C#N)cc1F. The minimum atomic E-state index is -1.05. The molecule has 0 fully saturated rings. The van der Waals surface area contributed by atoms with Gasteiger partial charge >= 0.3 is 5.97 Å². The van der Waals surface area contributed by atoms with E-state index >= 15 is 0 Å². The van der Waals surface area contributed by atoms with Crippen LogP contribution in [0.5, 0.6) is 0 Å². The summed E-state index contributed by atoms with van der Waals surface area (Å²) < 4.78 is 27.0. The molecule has 0 aliphatic rings. The Morgan fingerprint density at radius 2 is 2.00 bits per heavy atom. The Bertz CT molecular complexity index is 460. The molecule has 0 heterocycles. The second-order valence-corrected chi connectivity index (χ2v) is 3.47. The molecule has 0 amide bonds. The molecule has 0 spiro atoms. The molecule has 0 saturated heterocycles. The van der Waals surface area contributed by atoms with Gasteiger partial charge in [0.2, 0.25) is 0 Å². The Kier molecular flexibility index (Phi) is 3.99. The van der Waals surface area contributed by atoms with E-state index in [0.29, 0.717) is 0 Å². The second kappa shape index (κ2) is 5.25. The van der Waals surface area contributed by atoms with Crippen LogP contribution in [0.3, 0.4) is 0 Å². The van der Waals surface area contributed by atoms with Gasteiger partial charge in [0.05, 0.1) is 18.1 Å². The van der Waals surface area contributed by atoms with Crippen LogP contribution in [-0.4, -0.2) is 24.7 Å². The third-order valence-corrected chi connectivity index (χ3v) is 2.19. The van der Waals surface area contributed by atoms with Crippen molar-refractivity contribution in [2.24, 2.45) is 0 Å². The normalized spacial score (nSPS) is 9.76. The highest BCUT2D eigenvalue weighted by molar-refractivity contribution is 5.67. The van der Waals surface area contributed by atoms with Gasteiger partial charge in [-0.25, -0.2) is 8.78 Å². The molecule has 0 saturated carbocycles. The van der Waals surface area contributed by atoms with E-state index in [1.54, 1.807) is 6.07 Å². The van der Waals surface area contributed by atoms with Crippen LogP contribution in [0.4, 0.5) is 14.5 Å². The van der Waals surface area contributed by atoms with Crippen LogP contribution in [0.2, 0.25) is 0 Å². The third-order valence-electron chi connectivity index (χ3n) is 2.19. The molecule has 0 aliphatic heterocycles. The van der Waals surface area contributed by atoms with E-state index in [1.165, 1.54) is 11.9 Å². The van der Waals surface area contributed by atoms with Gasteiger partial charge in [-0.1, -0.05) is 0 Å². The Morgan fingerprint density at radius 3 is 2.41 bits per heavy atom. The molecule has 0 aliphatic carbocycles. The number of carboxylic acids is 1. The number of benzene rings is 1. The van der Waals surface area contributed by atoms with Crippen LogP contribution in [0.1, 0.15) is 12.0 Å². The average molecular weight is 240 g/mol. The Hall–Kier alpha value is -2.16. The number of aliphatic carboxylic acids is 1. The fourth-order valence-electron chi connectivity index (χ4n) is 1.37. The molecule has 0 radical (unpaired) electrons. The van der Waals surface area contributed by atoms with Gasteiger partial charge in [-0.05, 0) is 12.1 Å². The lowest BCUT2D eigenvalue weighted by molar-refractivity contribution is -0.136. The van der Waals surface area contributed by atoms with Gasteiger partial charge < -0.3 is 10.0 Å². The molecular weight excluding hydrogens is 230 g/mol. The highest BCUT2D eigenvalue weighted by Crippen LogP contribution is 2.23. The van der Waals surface area contributed by atoms with Crippen LogP contribution < -0.4 is 4.90 Å². The second-order valence-electron chi connectivity index (χ2n) is 3.47. The molecule has 0 aromatic heterocycles. The lowest BCUT2D eigenvalue weighted by Crippen LogP contribution is -2.23. The molecule has 1 aromatic carbocycles. The minimum absolute atomic E-state index is 0.0188. The van der Waals surface area contributed by atoms with Crippen molar-refractivity contribution >= 4 is 11.7 Å². The third kappa shape index (κ3) is 3.14. The first-order valence-electron chi connectivity index (χ1n) is 4.77.